The van der Waals surface area contributed by atoms with Crippen LogP contribution >= 0.6 is 0 Å². The van der Waals surface area contributed by atoms with Crippen LogP contribution in [0.25, 0.3) is 10.9 Å². The smallest absolute Gasteiger partial charge is 0.329 e. The van der Waals surface area contributed by atoms with Crippen LogP contribution in [0, 0.1) is 0 Å². The van der Waals surface area contributed by atoms with Gasteiger partial charge in [-0.25, -0.2) is 4.79 Å². The lowest BCUT2D eigenvalue weighted by atomic mass is 9.99. The molecule has 0 radical (unpaired) electrons. The molecule has 1 aliphatic rings. The molecule has 2 N–H and O–H groups in total. The van der Waals surface area contributed by atoms with Gasteiger partial charge in [-0.2, -0.15) is 0 Å². The molecule has 0 saturated heterocycles. The number of nitrogens with one attached hydrogen (secondary N) is 1. The molecule has 1 amide bonds. The van der Waals surface area contributed by atoms with Crippen molar-refractivity contribution < 1.29 is 9.90 Å². The molecule has 0 aliphatic carbocycles. The second-order valence-corrected chi connectivity index (χ2v) is 6.34. The number of para-hydroxylation sites is 1. The average molecular weight is 351 g/mol. The molecule has 132 valence electrons. The van der Waals surface area contributed by atoms with E-state index in [2.05, 4.69) is 4.98 Å². The Kier molecular flexibility index (Phi) is 3.84. The minimum atomic E-state index is -0.600. The molecule has 2 aromatic carbocycles. The number of nitrogens with zero attached hydrogens (tertiary/aromatic N) is 2. The van der Waals surface area contributed by atoms with Crippen LogP contribution in [-0.2, 0) is 24.3 Å². The molecule has 0 unspecified atom stereocenters. The highest BCUT2D eigenvalue weighted by Gasteiger charge is 2.23. The normalized spacial score (nSPS) is 13.6. The van der Waals surface area contributed by atoms with Crippen molar-refractivity contribution >= 4 is 16.8 Å². The van der Waals surface area contributed by atoms with Crippen molar-refractivity contribution in [1.29, 1.82) is 0 Å². The number of phenolic OH excluding ortho intramolecular Hbond substituents is 1. The van der Waals surface area contributed by atoms with Crippen LogP contribution in [0.15, 0.2) is 52.1 Å². The molecule has 7 heteroatoms. The molecular weight excluding hydrogens is 334 g/mol. The van der Waals surface area contributed by atoms with Crippen LogP contribution in [-0.4, -0.2) is 32.0 Å². The van der Waals surface area contributed by atoms with Crippen molar-refractivity contribution in [3.63, 3.8) is 0 Å². The highest BCUT2D eigenvalue weighted by Crippen LogP contribution is 2.26. The molecule has 0 atom stereocenters. The van der Waals surface area contributed by atoms with E-state index in [0.29, 0.717) is 30.4 Å². The number of H-pyrrole nitrogens is 1. The van der Waals surface area contributed by atoms with Crippen LogP contribution in [0.5, 0.6) is 5.75 Å². The van der Waals surface area contributed by atoms with Crippen molar-refractivity contribution in [1.82, 2.24) is 14.5 Å². The van der Waals surface area contributed by atoms with Gasteiger partial charge >= 0.3 is 5.69 Å². The molecule has 7 nitrogen and oxygen atoms in total. The van der Waals surface area contributed by atoms with E-state index in [9.17, 15) is 19.5 Å². The number of amides is 1. The number of benzene rings is 2. The number of aromatic nitrogens is 2. The zero-order valence-corrected chi connectivity index (χ0v) is 13.9. The van der Waals surface area contributed by atoms with Gasteiger partial charge in [0.1, 0.15) is 12.3 Å². The maximum Gasteiger partial charge on any atom is 0.329 e. The summed E-state index contributed by atoms with van der Waals surface area (Å²) in [7, 11) is 0. The van der Waals surface area contributed by atoms with Crippen LogP contribution in [0.4, 0.5) is 0 Å². The highest BCUT2D eigenvalue weighted by molar-refractivity contribution is 5.81. The number of aromatic amines is 1. The zero-order valence-electron chi connectivity index (χ0n) is 13.9. The fourth-order valence-corrected chi connectivity index (χ4v) is 3.44. The standard InChI is InChI=1S/C19H17N3O4/c23-16-7-3-4-12-10-21(9-8-13(12)16)17(24)11-22-15-6-2-1-5-14(15)18(25)20-19(22)26/h1-7,23H,8-11H2,(H,20,25,26). The molecule has 4 rings (SSSR count). The van der Waals surface area contributed by atoms with Gasteiger partial charge in [-0.05, 0) is 30.2 Å². The van der Waals surface area contributed by atoms with Gasteiger partial charge in [-0.1, -0.05) is 24.3 Å². The van der Waals surface area contributed by atoms with Gasteiger partial charge in [0.15, 0.2) is 0 Å². The quantitative estimate of drug-likeness (QED) is 0.719. The Morgan fingerprint density at radius 2 is 1.92 bits per heavy atom. The van der Waals surface area contributed by atoms with Gasteiger partial charge in [-0.15, -0.1) is 0 Å². The average Bonchev–Trinajstić information content (AvgIpc) is 2.65. The predicted octanol–water partition coefficient (Wildman–Crippen LogP) is 0.980. The van der Waals surface area contributed by atoms with E-state index in [-0.39, 0.29) is 18.2 Å². The Balaban J connectivity index is 1.65. The lowest BCUT2D eigenvalue weighted by molar-refractivity contribution is -0.132. The van der Waals surface area contributed by atoms with E-state index >= 15 is 0 Å². The number of aromatic hydroxyl groups is 1. The molecule has 0 bridgehead atoms. The van der Waals surface area contributed by atoms with Gasteiger partial charge < -0.3 is 10.0 Å². The molecule has 1 aliphatic heterocycles. The zero-order chi connectivity index (χ0) is 18.3. The monoisotopic (exact) mass is 351 g/mol. The molecule has 3 aromatic rings. The van der Waals surface area contributed by atoms with Crippen LogP contribution in [0.1, 0.15) is 11.1 Å². The maximum absolute atomic E-state index is 12.8. The Labute approximate surface area is 148 Å². The van der Waals surface area contributed by atoms with E-state index in [1.165, 1.54) is 4.57 Å². The molecular formula is C19H17N3O4. The Hall–Kier alpha value is -3.35. The number of carbonyl (C=O) groups is 1. The Morgan fingerprint density at radius 3 is 2.77 bits per heavy atom. The largest absolute Gasteiger partial charge is 0.508 e. The number of hydrogen-bond donors (Lipinski definition) is 2. The van der Waals surface area contributed by atoms with Gasteiger partial charge in [0, 0.05) is 18.7 Å². The van der Waals surface area contributed by atoms with E-state index in [4.69, 9.17) is 0 Å². The Bertz CT molecular complexity index is 1130. The topological polar surface area (TPSA) is 95.4 Å². The van der Waals surface area contributed by atoms with Gasteiger partial charge in [0.2, 0.25) is 5.91 Å². The molecule has 0 spiro atoms. The first kappa shape index (κ1) is 16.1. The summed E-state index contributed by atoms with van der Waals surface area (Å²) in [6.45, 7) is 0.711. The molecule has 2 heterocycles. The summed E-state index contributed by atoms with van der Waals surface area (Å²) in [6, 6.07) is 12.0. The molecule has 0 saturated carbocycles. The van der Waals surface area contributed by atoms with Crippen molar-refractivity contribution in [2.75, 3.05) is 6.54 Å². The summed E-state index contributed by atoms with van der Waals surface area (Å²) >= 11 is 0. The fourth-order valence-electron chi connectivity index (χ4n) is 3.44. The van der Waals surface area contributed by atoms with Crippen LogP contribution < -0.4 is 11.2 Å². The first-order valence-electron chi connectivity index (χ1n) is 8.34. The van der Waals surface area contributed by atoms with Gasteiger partial charge in [0.25, 0.3) is 5.56 Å². The highest BCUT2D eigenvalue weighted by atomic mass is 16.3. The number of carbonyl (C=O) groups excluding carboxylic acids is 1. The summed E-state index contributed by atoms with van der Waals surface area (Å²) < 4.78 is 1.29. The SMILES string of the molecule is O=C(Cn1c(=O)[nH]c(=O)c2ccccc21)N1CCc2c(O)cccc2C1. The third-order valence-electron chi connectivity index (χ3n) is 4.79. The van der Waals surface area contributed by atoms with Crippen molar-refractivity contribution in [2.24, 2.45) is 0 Å². The predicted molar refractivity (Wildman–Crippen MR) is 96.1 cm³/mol. The number of rotatable bonds is 2. The van der Waals surface area contributed by atoms with E-state index in [1.807, 2.05) is 6.07 Å². The number of hydrogen-bond acceptors (Lipinski definition) is 4. The van der Waals surface area contributed by atoms with E-state index in [1.54, 1.807) is 41.3 Å². The second kappa shape index (κ2) is 6.18. The molecule has 26 heavy (non-hydrogen) atoms. The third kappa shape index (κ3) is 2.67. The minimum Gasteiger partial charge on any atom is -0.508 e. The molecule has 1 aromatic heterocycles. The lowest BCUT2D eigenvalue weighted by Crippen LogP contribution is -2.41. The summed E-state index contributed by atoms with van der Waals surface area (Å²) in [6.07, 6.45) is 0.565. The summed E-state index contributed by atoms with van der Waals surface area (Å²) in [5.74, 6) is 0.0377. The minimum absolute atomic E-state index is 0.149. The maximum atomic E-state index is 12.8. The fraction of sp³-hybridized carbons (Fsp3) is 0.211. The first-order chi connectivity index (χ1) is 12.5. The van der Waals surface area contributed by atoms with E-state index in [0.717, 1.165) is 11.1 Å². The number of phenols is 1. The second-order valence-electron chi connectivity index (χ2n) is 6.34. The van der Waals surface area contributed by atoms with Gasteiger partial charge in [0.05, 0.1) is 10.9 Å². The molecule has 0 fully saturated rings. The Morgan fingerprint density at radius 1 is 1.12 bits per heavy atom. The third-order valence-corrected chi connectivity index (χ3v) is 4.79. The first-order valence-corrected chi connectivity index (χ1v) is 8.34. The summed E-state index contributed by atoms with van der Waals surface area (Å²) in [5.41, 5.74) is 1.14. The number of fused-ring (bicyclic) bond motifs is 2. The van der Waals surface area contributed by atoms with Crippen molar-refractivity contribution in [3.8, 4) is 5.75 Å². The van der Waals surface area contributed by atoms with Crippen molar-refractivity contribution in [3.05, 3.63) is 74.4 Å². The van der Waals surface area contributed by atoms with Crippen LogP contribution in [0.3, 0.4) is 0 Å². The van der Waals surface area contributed by atoms with Crippen molar-refractivity contribution in [2.45, 2.75) is 19.5 Å². The van der Waals surface area contributed by atoms with Crippen LogP contribution in [0.2, 0.25) is 0 Å². The lowest BCUT2D eigenvalue weighted by Gasteiger charge is -2.29. The van der Waals surface area contributed by atoms with Gasteiger partial charge in [-0.3, -0.25) is 19.1 Å². The van der Waals surface area contributed by atoms with E-state index < -0.39 is 11.2 Å². The summed E-state index contributed by atoms with van der Waals surface area (Å²) in [5, 5.41) is 10.3. The summed E-state index contributed by atoms with van der Waals surface area (Å²) in [4.78, 5) is 40.8.